The van der Waals surface area contributed by atoms with Crippen molar-refractivity contribution < 1.29 is 0 Å². The van der Waals surface area contributed by atoms with E-state index in [9.17, 15) is 0 Å². The summed E-state index contributed by atoms with van der Waals surface area (Å²) in [7, 11) is 0. The smallest absolute Gasteiger partial charge is 0.0579 e. The number of hydrogen-bond donors (Lipinski definition) is 1. The number of rotatable bonds is 3. The second-order valence-electron chi connectivity index (χ2n) is 5.37. The van der Waals surface area contributed by atoms with Gasteiger partial charge in [0, 0.05) is 15.3 Å². The maximum atomic E-state index is 3.64. The average molecular weight is 281 g/mol. The van der Waals surface area contributed by atoms with Gasteiger partial charge in [0.05, 0.1) is 6.04 Å². The van der Waals surface area contributed by atoms with Crippen LogP contribution >= 0.6 is 11.3 Å². The summed E-state index contributed by atoms with van der Waals surface area (Å²) in [6, 6.07) is 17.7. The second-order valence-corrected chi connectivity index (χ2v) is 6.49. The fourth-order valence-electron chi connectivity index (χ4n) is 2.41. The molecule has 1 heterocycles. The first-order chi connectivity index (χ1) is 9.63. The molecule has 0 saturated carbocycles. The Morgan fingerprint density at radius 3 is 2.60 bits per heavy atom. The van der Waals surface area contributed by atoms with Crippen LogP contribution in [0.15, 0.2) is 48.5 Å². The van der Waals surface area contributed by atoms with Crippen molar-refractivity contribution in [3.05, 3.63) is 64.5 Å². The fourth-order valence-corrected chi connectivity index (χ4v) is 3.48. The predicted octanol–water partition coefficient (Wildman–Crippen LogP) is 5.69. The Hall–Kier alpha value is -1.80. The molecule has 0 fully saturated rings. The maximum Gasteiger partial charge on any atom is 0.0579 e. The Kier molecular flexibility index (Phi) is 3.49. The Morgan fingerprint density at radius 2 is 1.80 bits per heavy atom. The zero-order chi connectivity index (χ0) is 14.1. The molecular formula is C18H19NS. The summed E-state index contributed by atoms with van der Waals surface area (Å²) in [4.78, 5) is 1.38. The van der Waals surface area contributed by atoms with Crippen LogP contribution in [0, 0.1) is 13.8 Å². The Morgan fingerprint density at radius 1 is 1.00 bits per heavy atom. The van der Waals surface area contributed by atoms with Crippen molar-refractivity contribution in [2.45, 2.75) is 26.8 Å². The molecule has 2 heteroatoms. The third kappa shape index (κ3) is 2.56. The molecule has 0 amide bonds. The van der Waals surface area contributed by atoms with E-state index in [1.807, 2.05) is 11.3 Å². The first-order valence-electron chi connectivity index (χ1n) is 6.96. The van der Waals surface area contributed by atoms with Crippen molar-refractivity contribution >= 4 is 27.1 Å². The zero-order valence-corrected chi connectivity index (χ0v) is 12.9. The number of thiophene rings is 1. The van der Waals surface area contributed by atoms with Gasteiger partial charge in [0.25, 0.3) is 0 Å². The normalized spacial score (nSPS) is 12.6. The van der Waals surface area contributed by atoms with E-state index < -0.39 is 0 Å². The van der Waals surface area contributed by atoms with Gasteiger partial charge >= 0.3 is 0 Å². The molecule has 1 nitrogen and oxygen atoms in total. The SMILES string of the molecule is Cc1ccc(C)c(NC(C)c2cc3ccccc3s2)c1. The lowest BCUT2D eigenvalue weighted by Crippen LogP contribution is -2.06. The van der Waals surface area contributed by atoms with Crippen LogP contribution in [0.5, 0.6) is 0 Å². The van der Waals surface area contributed by atoms with E-state index in [2.05, 4.69) is 74.6 Å². The number of aryl methyl sites for hydroxylation is 2. The highest BCUT2D eigenvalue weighted by Gasteiger charge is 2.10. The quantitative estimate of drug-likeness (QED) is 0.650. The van der Waals surface area contributed by atoms with Crippen LogP contribution in [0.3, 0.4) is 0 Å². The molecule has 1 unspecified atom stereocenters. The molecule has 3 aromatic rings. The second kappa shape index (κ2) is 5.29. The fraction of sp³-hybridized carbons (Fsp3) is 0.222. The standard InChI is InChI=1S/C18H19NS/c1-12-8-9-13(2)16(10-12)19-14(3)18-11-15-6-4-5-7-17(15)20-18/h4-11,14,19H,1-3H3. The van der Waals surface area contributed by atoms with Gasteiger partial charge in [0.1, 0.15) is 0 Å². The van der Waals surface area contributed by atoms with Crippen LogP contribution in [0.1, 0.15) is 29.0 Å². The molecule has 3 rings (SSSR count). The monoisotopic (exact) mass is 281 g/mol. The first kappa shape index (κ1) is 13.2. The van der Waals surface area contributed by atoms with E-state index in [4.69, 9.17) is 0 Å². The molecule has 0 aliphatic carbocycles. The van der Waals surface area contributed by atoms with Crippen molar-refractivity contribution in [1.29, 1.82) is 0 Å². The number of benzene rings is 2. The van der Waals surface area contributed by atoms with Gasteiger partial charge in [-0.2, -0.15) is 0 Å². The minimum absolute atomic E-state index is 0.327. The number of hydrogen-bond acceptors (Lipinski definition) is 2. The van der Waals surface area contributed by atoms with Gasteiger partial charge < -0.3 is 5.32 Å². The van der Waals surface area contributed by atoms with E-state index >= 15 is 0 Å². The molecule has 20 heavy (non-hydrogen) atoms. The molecule has 0 aliphatic heterocycles. The van der Waals surface area contributed by atoms with E-state index in [1.54, 1.807) is 0 Å². The van der Waals surface area contributed by atoms with Crippen molar-refractivity contribution in [2.75, 3.05) is 5.32 Å². The summed E-state index contributed by atoms with van der Waals surface area (Å²) in [6.45, 7) is 6.51. The lowest BCUT2D eigenvalue weighted by molar-refractivity contribution is 0.906. The molecule has 0 saturated heterocycles. The molecule has 0 aliphatic rings. The van der Waals surface area contributed by atoms with Crippen LogP contribution in [0.2, 0.25) is 0 Å². The Balaban J connectivity index is 1.88. The van der Waals surface area contributed by atoms with Gasteiger partial charge in [-0.05, 0) is 55.5 Å². The van der Waals surface area contributed by atoms with Gasteiger partial charge in [0.15, 0.2) is 0 Å². The van der Waals surface area contributed by atoms with Crippen LogP contribution in [-0.4, -0.2) is 0 Å². The van der Waals surface area contributed by atoms with Gasteiger partial charge in [-0.15, -0.1) is 11.3 Å². The minimum atomic E-state index is 0.327. The topological polar surface area (TPSA) is 12.0 Å². The highest BCUT2D eigenvalue weighted by Crippen LogP contribution is 2.32. The number of nitrogens with one attached hydrogen (secondary N) is 1. The Bertz CT molecular complexity index is 709. The molecule has 0 spiro atoms. The van der Waals surface area contributed by atoms with E-state index in [1.165, 1.54) is 31.8 Å². The molecule has 0 bridgehead atoms. The van der Waals surface area contributed by atoms with Gasteiger partial charge in [-0.1, -0.05) is 30.3 Å². The zero-order valence-electron chi connectivity index (χ0n) is 12.1. The summed E-state index contributed by atoms with van der Waals surface area (Å²) < 4.78 is 1.36. The summed E-state index contributed by atoms with van der Waals surface area (Å²) >= 11 is 1.87. The lowest BCUT2D eigenvalue weighted by atomic mass is 10.1. The minimum Gasteiger partial charge on any atom is -0.377 e. The maximum absolute atomic E-state index is 3.64. The van der Waals surface area contributed by atoms with Crippen molar-refractivity contribution in [1.82, 2.24) is 0 Å². The third-order valence-corrected chi connectivity index (χ3v) is 4.94. The molecule has 1 N–H and O–H groups in total. The van der Waals surface area contributed by atoms with Crippen LogP contribution in [0.25, 0.3) is 10.1 Å². The molecular weight excluding hydrogens is 262 g/mol. The average Bonchev–Trinajstić information content (AvgIpc) is 2.87. The molecule has 0 radical (unpaired) electrons. The Labute approximate surface area is 124 Å². The summed E-state index contributed by atoms with van der Waals surface area (Å²) in [5.41, 5.74) is 3.82. The summed E-state index contributed by atoms with van der Waals surface area (Å²) in [5.74, 6) is 0. The largest absolute Gasteiger partial charge is 0.377 e. The van der Waals surface area contributed by atoms with Crippen LogP contribution in [-0.2, 0) is 0 Å². The summed E-state index contributed by atoms with van der Waals surface area (Å²) in [5, 5.41) is 4.97. The van der Waals surface area contributed by atoms with Crippen LogP contribution in [0.4, 0.5) is 5.69 Å². The highest BCUT2D eigenvalue weighted by molar-refractivity contribution is 7.19. The van der Waals surface area contributed by atoms with E-state index in [-0.39, 0.29) is 0 Å². The van der Waals surface area contributed by atoms with Crippen LogP contribution < -0.4 is 5.32 Å². The first-order valence-corrected chi connectivity index (χ1v) is 7.77. The van der Waals surface area contributed by atoms with Gasteiger partial charge in [0.2, 0.25) is 0 Å². The molecule has 2 aromatic carbocycles. The van der Waals surface area contributed by atoms with E-state index in [0.29, 0.717) is 6.04 Å². The number of anilines is 1. The lowest BCUT2D eigenvalue weighted by Gasteiger charge is -2.16. The molecule has 102 valence electrons. The van der Waals surface area contributed by atoms with Crippen molar-refractivity contribution in [3.8, 4) is 0 Å². The molecule has 1 aromatic heterocycles. The van der Waals surface area contributed by atoms with Crippen molar-refractivity contribution in [3.63, 3.8) is 0 Å². The predicted molar refractivity (Wildman–Crippen MR) is 89.8 cm³/mol. The third-order valence-electron chi connectivity index (χ3n) is 3.64. The highest BCUT2D eigenvalue weighted by atomic mass is 32.1. The van der Waals surface area contributed by atoms with E-state index in [0.717, 1.165) is 0 Å². The summed E-state index contributed by atoms with van der Waals surface area (Å²) in [6.07, 6.45) is 0. The number of fused-ring (bicyclic) bond motifs is 1. The van der Waals surface area contributed by atoms with Gasteiger partial charge in [-0.25, -0.2) is 0 Å². The molecule has 1 atom stereocenters. The van der Waals surface area contributed by atoms with Crippen molar-refractivity contribution in [2.24, 2.45) is 0 Å². The van der Waals surface area contributed by atoms with Gasteiger partial charge in [-0.3, -0.25) is 0 Å².